The van der Waals surface area contributed by atoms with Crippen LogP contribution in [-0.4, -0.2) is 31.0 Å². The summed E-state index contributed by atoms with van der Waals surface area (Å²) in [6.07, 6.45) is 3.07. The minimum atomic E-state index is -0.00652. The maximum Gasteiger partial charge on any atom is 0.253 e. The summed E-state index contributed by atoms with van der Waals surface area (Å²) in [5.41, 5.74) is 2.73. The molecule has 0 saturated heterocycles. The fourth-order valence-electron chi connectivity index (χ4n) is 1.73. The van der Waals surface area contributed by atoms with Crippen molar-refractivity contribution >= 4 is 23.4 Å². The van der Waals surface area contributed by atoms with Gasteiger partial charge in [0.05, 0.1) is 5.56 Å². The molecule has 1 rings (SSSR count). The topological polar surface area (TPSA) is 41.1 Å². The number of aryl methyl sites for hydroxylation is 1. The molecule has 0 heterocycles. The van der Waals surface area contributed by atoms with E-state index in [1.807, 2.05) is 39.1 Å². The Hall–Kier alpha value is -1.16. The molecular formula is C14H22N2OS. The van der Waals surface area contributed by atoms with Gasteiger partial charge in [0.15, 0.2) is 0 Å². The van der Waals surface area contributed by atoms with Crippen molar-refractivity contribution in [2.45, 2.75) is 26.3 Å². The van der Waals surface area contributed by atoms with Gasteiger partial charge in [-0.05, 0) is 50.0 Å². The van der Waals surface area contributed by atoms with Gasteiger partial charge in [-0.25, -0.2) is 0 Å². The average Bonchev–Trinajstić information content (AvgIpc) is 2.35. The van der Waals surface area contributed by atoms with Crippen LogP contribution in [-0.2, 0) is 0 Å². The van der Waals surface area contributed by atoms with E-state index in [1.54, 1.807) is 11.8 Å². The summed E-state index contributed by atoms with van der Waals surface area (Å²) in [6, 6.07) is 6.03. The number of hydrogen-bond acceptors (Lipinski definition) is 3. The Bertz CT molecular complexity index is 407. The molecule has 18 heavy (non-hydrogen) atoms. The molecule has 1 aromatic carbocycles. The largest absolute Gasteiger partial charge is 0.387 e. The van der Waals surface area contributed by atoms with Crippen molar-refractivity contribution < 1.29 is 4.79 Å². The van der Waals surface area contributed by atoms with Crippen LogP contribution in [0, 0.1) is 6.92 Å². The fraction of sp³-hybridized carbons (Fsp3) is 0.500. The number of amides is 1. The highest BCUT2D eigenvalue weighted by atomic mass is 32.2. The van der Waals surface area contributed by atoms with Gasteiger partial charge >= 0.3 is 0 Å². The Morgan fingerprint density at radius 1 is 1.44 bits per heavy atom. The second-order valence-corrected chi connectivity index (χ2v) is 5.44. The van der Waals surface area contributed by atoms with Crippen LogP contribution in [0.4, 0.5) is 5.69 Å². The molecule has 100 valence electrons. The normalized spacial score (nSPS) is 12.0. The molecule has 4 heteroatoms. The SMILES string of the molecule is CNc1cc(C)ccc1C(=O)NC(C)CCSC. The average molecular weight is 266 g/mol. The van der Waals surface area contributed by atoms with Crippen LogP contribution >= 0.6 is 11.8 Å². The van der Waals surface area contributed by atoms with E-state index in [4.69, 9.17) is 0 Å². The monoisotopic (exact) mass is 266 g/mol. The third-order valence-electron chi connectivity index (χ3n) is 2.82. The van der Waals surface area contributed by atoms with Gasteiger partial charge in [0.1, 0.15) is 0 Å². The molecule has 2 N–H and O–H groups in total. The summed E-state index contributed by atoms with van der Waals surface area (Å²) in [6.45, 7) is 4.06. The number of anilines is 1. The van der Waals surface area contributed by atoms with Gasteiger partial charge in [0.25, 0.3) is 5.91 Å². The van der Waals surface area contributed by atoms with E-state index in [-0.39, 0.29) is 11.9 Å². The molecule has 0 aliphatic heterocycles. The zero-order valence-electron chi connectivity index (χ0n) is 11.5. The number of nitrogens with one attached hydrogen (secondary N) is 2. The van der Waals surface area contributed by atoms with Crippen LogP contribution in [0.1, 0.15) is 29.3 Å². The summed E-state index contributed by atoms with van der Waals surface area (Å²) in [4.78, 5) is 12.2. The Morgan fingerprint density at radius 3 is 2.78 bits per heavy atom. The van der Waals surface area contributed by atoms with Gasteiger partial charge < -0.3 is 10.6 Å². The van der Waals surface area contributed by atoms with Crippen molar-refractivity contribution in [3.05, 3.63) is 29.3 Å². The predicted octanol–water partition coefficient (Wildman–Crippen LogP) is 2.91. The van der Waals surface area contributed by atoms with Gasteiger partial charge in [0.2, 0.25) is 0 Å². The molecule has 0 aromatic heterocycles. The number of benzene rings is 1. The maximum absolute atomic E-state index is 12.2. The fourth-order valence-corrected chi connectivity index (χ4v) is 2.32. The molecule has 0 aliphatic rings. The number of rotatable bonds is 6. The molecule has 0 aliphatic carbocycles. The third kappa shape index (κ3) is 4.26. The molecule has 1 unspecified atom stereocenters. The van der Waals surface area contributed by atoms with Crippen molar-refractivity contribution in [1.82, 2.24) is 5.32 Å². The highest BCUT2D eigenvalue weighted by molar-refractivity contribution is 7.98. The van der Waals surface area contributed by atoms with E-state index >= 15 is 0 Å². The highest BCUT2D eigenvalue weighted by Crippen LogP contribution is 2.17. The molecule has 1 atom stereocenters. The molecule has 0 saturated carbocycles. The standard InChI is InChI=1S/C14H22N2OS/c1-10-5-6-12(13(9-10)15-3)14(17)16-11(2)7-8-18-4/h5-6,9,11,15H,7-8H2,1-4H3,(H,16,17). The molecule has 1 amide bonds. The Kier molecular flexibility index (Phi) is 6.05. The molecule has 3 nitrogen and oxygen atoms in total. The smallest absolute Gasteiger partial charge is 0.253 e. The predicted molar refractivity (Wildman–Crippen MR) is 80.7 cm³/mol. The van der Waals surface area contributed by atoms with E-state index in [0.29, 0.717) is 5.56 Å². The van der Waals surface area contributed by atoms with Crippen LogP contribution in [0.15, 0.2) is 18.2 Å². The first-order valence-corrected chi connectivity index (χ1v) is 7.56. The maximum atomic E-state index is 12.2. The minimum absolute atomic E-state index is 0.00652. The lowest BCUT2D eigenvalue weighted by Gasteiger charge is -2.15. The summed E-state index contributed by atoms with van der Waals surface area (Å²) < 4.78 is 0. The second kappa shape index (κ2) is 7.31. The van der Waals surface area contributed by atoms with Gasteiger partial charge in [-0.15, -0.1) is 0 Å². The highest BCUT2D eigenvalue weighted by Gasteiger charge is 2.13. The first kappa shape index (κ1) is 14.9. The van der Waals surface area contributed by atoms with Crippen molar-refractivity contribution in [3.63, 3.8) is 0 Å². The molecule has 0 radical (unpaired) electrons. The Labute approximate surface area is 114 Å². The molecule has 0 fully saturated rings. The number of carbonyl (C=O) groups excluding carboxylic acids is 1. The van der Waals surface area contributed by atoms with Crippen LogP contribution in [0.3, 0.4) is 0 Å². The van der Waals surface area contributed by atoms with Crippen LogP contribution < -0.4 is 10.6 Å². The van der Waals surface area contributed by atoms with Crippen molar-refractivity contribution in [2.75, 3.05) is 24.4 Å². The van der Waals surface area contributed by atoms with Crippen LogP contribution in [0.25, 0.3) is 0 Å². The van der Waals surface area contributed by atoms with E-state index in [1.165, 1.54) is 0 Å². The third-order valence-corrected chi connectivity index (χ3v) is 3.47. The van der Waals surface area contributed by atoms with Gasteiger partial charge in [-0.2, -0.15) is 11.8 Å². The van der Waals surface area contributed by atoms with E-state index in [0.717, 1.165) is 23.4 Å². The summed E-state index contributed by atoms with van der Waals surface area (Å²) in [7, 11) is 1.84. The van der Waals surface area contributed by atoms with Crippen LogP contribution in [0.5, 0.6) is 0 Å². The van der Waals surface area contributed by atoms with Crippen LogP contribution in [0.2, 0.25) is 0 Å². The first-order chi connectivity index (χ1) is 8.58. The van der Waals surface area contributed by atoms with Gasteiger partial charge in [-0.1, -0.05) is 6.07 Å². The Morgan fingerprint density at radius 2 is 2.17 bits per heavy atom. The molecule has 1 aromatic rings. The van der Waals surface area contributed by atoms with E-state index < -0.39 is 0 Å². The summed E-state index contributed by atoms with van der Waals surface area (Å²) in [5.74, 6) is 1.06. The molecule has 0 bridgehead atoms. The van der Waals surface area contributed by atoms with Crippen molar-refractivity contribution in [1.29, 1.82) is 0 Å². The van der Waals surface area contributed by atoms with Crippen molar-refractivity contribution in [2.24, 2.45) is 0 Å². The van der Waals surface area contributed by atoms with Gasteiger partial charge in [0, 0.05) is 18.8 Å². The molecule has 0 spiro atoms. The number of carbonyl (C=O) groups is 1. The van der Waals surface area contributed by atoms with E-state index in [2.05, 4.69) is 16.9 Å². The summed E-state index contributed by atoms with van der Waals surface area (Å²) >= 11 is 1.80. The minimum Gasteiger partial charge on any atom is -0.387 e. The Balaban J connectivity index is 2.72. The lowest BCUT2D eigenvalue weighted by molar-refractivity contribution is 0.0940. The molecular weight excluding hydrogens is 244 g/mol. The summed E-state index contributed by atoms with van der Waals surface area (Å²) in [5, 5.41) is 6.10. The first-order valence-electron chi connectivity index (χ1n) is 6.16. The number of hydrogen-bond donors (Lipinski definition) is 2. The second-order valence-electron chi connectivity index (χ2n) is 4.46. The zero-order valence-corrected chi connectivity index (χ0v) is 12.4. The van der Waals surface area contributed by atoms with Crippen molar-refractivity contribution in [3.8, 4) is 0 Å². The van der Waals surface area contributed by atoms with E-state index in [9.17, 15) is 4.79 Å². The van der Waals surface area contributed by atoms with Gasteiger partial charge in [-0.3, -0.25) is 4.79 Å². The lowest BCUT2D eigenvalue weighted by Crippen LogP contribution is -2.33. The quantitative estimate of drug-likeness (QED) is 0.832. The number of thioether (sulfide) groups is 1. The lowest BCUT2D eigenvalue weighted by atomic mass is 10.1. The zero-order chi connectivity index (χ0) is 13.5.